The zero-order valence-corrected chi connectivity index (χ0v) is 19.9. The lowest BCUT2D eigenvalue weighted by Crippen LogP contribution is -2.51. The maximum Gasteiger partial charge on any atom is 0.264 e. The van der Waals surface area contributed by atoms with E-state index in [9.17, 15) is 13.2 Å². The fourth-order valence-electron chi connectivity index (χ4n) is 3.73. The summed E-state index contributed by atoms with van der Waals surface area (Å²) in [4.78, 5) is 13.2. The summed E-state index contributed by atoms with van der Waals surface area (Å²) in [5.74, 6) is -0.0470. The van der Waals surface area contributed by atoms with E-state index in [1.165, 1.54) is 34.1 Å². The number of para-hydroxylation sites is 2. The molecule has 0 saturated carbocycles. The van der Waals surface area contributed by atoms with Gasteiger partial charge in [0.05, 0.1) is 23.2 Å². The molecule has 0 fully saturated rings. The predicted octanol–water partition coefficient (Wildman–Crippen LogP) is 4.74. The van der Waals surface area contributed by atoms with E-state index in [4.69, 9.17) is 16.3 Å². The van der Waals surface area contributed by atoms with E-state index in [1.807, 2.05) is 31.2 Å². The van der Waals surface area contributed by atoms with E-state index in [1.54, 1.807) is 24.3 Å². The second-order valence-electron chi connectivity index (χ2n) is 7.89. The average Bonchev–Trinajstić information content (AvgIpc) is 2.83. The van der Waals surface area contributed by atoms with Crippen molar-refractivity contribution in [2.45, 2.75) is 37.3 Å². The molecular weight excluding hydrogens is 460 g/mol. The van der Waals surface area contributed by atoms with E-state index in [0.29, 0.717) is 16.5 Å². The lowest BCUT2D eigenvalue weighted by molar-refractivity contribution is -0.128. The molecule has 3 aromatic carbocycles. The maximum atomic E-state index is 13.4. The molecule has 1 heterocycles. The minimum atomic E-state index is -3.93. The lowest BCUT2D eigenvalue weighted by Gasteiger charge is -2.35. The van der Waals surface area contributed by atoms with Crippen molar-refractivity contribution in [2.75, 3.05) is 10.8 Å². The van der Waals surface area contributed by atoms with Crippen LogP contribution in [-0.2, 0) is 21.2 Å². The number of hydrogen-bond acceptors (Lipinski definition) is 4. The highest BCUT2D eigenvalue weighted by atomic mass is 35.5. The molecule has 0 radical (unpaired) electrons. The van der Waals surface area contributed by atoms with Gasteiger partial charge in [-0.3, -0.25) is 9.10 Å². The Balaban J connectivity index is 1.59. The highest BCUT2D eigenvalue weighted by Crippen LogP contribution is 2.37. The first-order valence-corrected chi connectivity index (χ1v) is 12.5. The summed E-state index contributed by atoms with van der Waals surface area (Å²) in [6, 6.07) is 20.5. The molecule has 1 aliphatic heterocycles. The van der Waals surface area contributed by atoms with Gasteiger partial charge in [-0.25, -0.2) is 8.42 Å². The third-order valence-corrected chi connectivity index (χ3v) is 7.72. The number of rotatable bonds is 6. The molecule has 8 heteroatoms. The fourth-order valence-corrected chi connectivity index (χ4v) is 5.33. The molecule has 172 valence electrons. The minimum Gasteiger partial charge on any atom is -0.476 e. The molecule has 0 aromatic heterocycles. The molecule has 6 nitrogen and oxygen atoms in total. The standard InChI is InChI=1S/C25H25ClN2O4S/c1-3-18-8-10-19(11-9-18)17(2)27-25(29)24-16-28(22-6-4-5-7-23(22)32-24)33(30,31)21-14-12-20(26)13-15-21/h4-15,17,24H,3,16H2,1-2H3,(H,27,29). The molecule has 1 N–H and O–H groups in total. The number of carbonyl (C=O) groups excluding carboxylic acids is 1. The van der Waals surface area contributed by atoms with Gasteiger partial charge in [0.2, 0.25) is 0 Å². The van der Waals surface area contributed by atoms with E-state index in [2.05, 4.69) is 12.2 Å². The summed E-state index contributed by atoms with van der Waals surface area (Å²) in [5, 5.41) is 3.39. The van der Waals surface area contributed by atoms with Crippen molar-refractivity contribution in [3.05, 3.63) is 88.9 Å². The van der Waals surface area contributed by atoms with Gasteiger partial charge in [0.1, 0.15) is 5.75 Å². The summed E-state index contributed by atoms with van der Waals surface area (Å²) < 4.78 is 34.0. The van der Waals surface area contributed by atoms with Crippen molar-refractivity contribution in [1.29, 1.82) is 0 Å². The Bertz CT molecular complexity index is 1240. The number of amides is 1. The third kappa shape index (κ3) is 4.84. The Labute approximate surface area is 199 Å². The van der Waals surface area contributed by atoms with Crippen LogP contribution in [0.5, 0.6) is 5.75 Å². The molecule has 0 aliphatic carbocycles. The number of fused-ring (bicyclic) bond motifs is 1. The third-order valence-electron chi connectivity index (χ3n) is 5.68. The Hall–Kier alpha value is -3.03. The highest BCUT2D eigenvalue weighted by molar-refractivity contribution is 7.92. The lowest BCUT2D eigenvalue weighted by atomic mass is 10.0. The smallest absolute Gasteiger partial charge is 0.264 e. The predicted molar refractivity (Wildman–Crippen MR) is 129 cm³/mol. The molecule has 0 bridgehead atoms. The van der Waals surface area contributed by atoms with E-state index < -0.39 is 16.1 Å². The fraction of sp³-hybridized carbons (Fsp3) is 0.240. The SMILES string of the molecule is CCc1ccc(C(C)NC(=O)C2CN(S(=O)(=O)c3ccc(Cl)cc3)c3ccccc3O2)cc1. The van der Waals surface area contributed by atoms with Crippen LogP contribution in [-0.4, -0.2) is 27.0 Å². The van der Waals surface area contributed by atoms with Gasteiger partial charge >= 0.3 is 0 Å². The van der Waals surface area contributed by atoms with Crippen molar-refractivity contribution in [1.82, 2.24) is 5.32 Å². The molecule has 4 rings (SSSR count). The first kappa shape index (κ1) is 23.1. The number of sulfonamides is 1. The van der Waals surface area contributed by atoms with Crippen LogP contribution in [0.1, 0.15) is 31.0 Å². The van der Waals surface area contributed by atoms with Gasteiger partial charge in [-0.05, 0) is 60.9 Å². The molecule has 2 atom stereocenters. The minimum absolute atomic E-state index is 0.0899. The first-order chi connectivity index (χ1) is 15.8. The molecule has 2 unspecified atom stereocenters. The summed E-state index contributed by atoms with van der Waals surface area (Å²) >= 11 is 5.93. The second kappa shape index (κ2) is 9.45. The number of nitrogens with one attached hydrogen (secondary N) is 1. The summed E-state index contributed by atoms with van der Waals surface area (Å²) in [6.07, 6.45) is -0.0618. The number of benzene rings is 3. The Morgan fingerprint density at radius 1 is 1.09 bits per heavy atom. The van der Waals surface area contributed by atoms with Gasteiger partial charge in [0.25, 0.3) is 15.9 Å². The van der Waals surface area contributed by atoms with Gasteiger partial charge in [0, 0.05) is 5.02 Å². The largest absolute Gasteiger partial charge is 0.476 e. The number of ether oxygens (including phenoxy) is 1. The van der Waals surface area contributed by atoms with Gasteiger partial charge in [-0.1, -0.05) is 54.9 Å². The quantitative estimate of drug-likeness (QED) is 0.548. The zero-order valence-electron chi connectivity index (χ0n) is 18.4. The van der Waals surface area contributed by atoms with Crippen LogP contribution in [0.4, 0.5) is 5.69 Å². The molecule has 0 saturated heterocycles. The van der Waals surface area contributed by atoms with Crippen LogP contribution in [0.25, 0.3) is 0 Å². The Morgan fingerprint density at radius 3 is 2.42 bits per heavy atom. The van der Waals surface area contributed by atoms with Crippen LogP contribution < -0.4 is 14.4 Å². The van der Waals surface area contributed by atoms with E-state index >= 15 is 0 Å². The average molecular weight is 485 g/mol. The first-order valence-electron chi connectivity index (χ1n) is 10.7. The summed E-state index contributed by atoms with van der Waals surface area (Å²) in [7, 11) is -3.93. The van der Waals surface area contributed by atoms with Gasteiger partial charge in [0.15, 0.2) is 6.10 Å². The number of carbonyl (C=O) groups is 1. The Kier molecular flexibility index (Phi) is 6.63. The molecule has 33 heavy (non-hydrogen) atoms. The molecular formula is C25H25ClN2O4S. The van der Waals surface area contributed by atoms with E-state index in [0.717, 1.165) is 12.0 Å². The van der Waals surface area contributed by atoms with Gasteiger partial charge < -0.3 is 10.1 Å². The topological polar surface area (TPSA) is 75.7 Å². The van der Waals surface area contributed by atoms with Crippen LogP contribution >= 0.6 is 11.6 Å². The van der Waals surface area contributed by atoms with Gasteiger partial charge in [-0.15, -0.1) is 0 Å². The van der Waals surface area contributed by atoms with Gasteiger partial charge in [-0.2, -0.15) is 0 Å². The number of anilines is 1. The molecule has 1 aliphatic rings. The highest BCUT2D eigenvalue weighted by Gasteiger charge is 2.37. The maximum absolute atomic E-state index is 13.4. The number of halogens is 1. The molecule has 3 aromatic rings. The zero-order chi connectivity index (χ0) is 23.6. The van der Waals surface area contributed by atoms with Crippen molar-refractivity contribution >= 4 is 33.2 Å². The molecule has 1 amide bonds. The van der Waals surface area contributed by atoms with Crippen LogP contribution in [0.3, 0.4) is 0 Å². The van der Waals surface area contributed by atoms with Crippen molar-refractivity contribution < 1.29 is 17.9 Å². The normalized spacial score (nSPS) is 16.5. The van der Waals surface area contributed by atoms with Crippen LogP contribution in [0, 0.1) is 0 Å². The summed E-state index contributed by atoms with van der Waals surface area (Å²) in [6.45, 7) is 3.83. The second-order valence-corrected chi connectivity index (χ2v) is 10.2. The van der Waals surface area contributed by atoms with Crippen LogP contribution in [0.15, 0.2) is 77.7 Å². The molecule has 0 spiro atoms. The number of aryl methyl sites for hydroxylation is 1. The monoisotopic (exact) mass is 484 g/mol. The summed E-state index contributed by atoms with van der Waals surface area (Å²) in [5.41, 5.74) is 2.56. The van der Waals surface area contributed by atoms with Crippen molar-refractivity contribution in [3.63, 3.8) is 0 Å². The number of nitrogens with zero attached hydrogens (tertiary/aromatic N) is 1. The van der Waals surface area contributed by atoms with Crippen molar-refractivity contribution in [3.8, 4) is 5.75 Å². The van der Waals surface area contributed by atoms with Crippen molar-refractivity contribution in [2.24, 2.45) is 0 Å². The number of hydrogen-bond donors (Lipinski definition) is 1. The van der Waals surface area contributed by atoms with Crippen LogP contribution in [0.2, 0.25) is 5.02 Å². The Morgan fingerprint density at radius 2 is 1.76 bits per heavy atom. The van der Waals surface area contributed by atoms with E-state index in [-0.39, 0.29) is 23.4 Å².